The van der Waals surface area contributed by atoms with Gasteiger partial charge in [-0.1, -0.05) is 59.6 Å². The lowest BCUT2D eigenvalue weighted by molar-refractivity contribution is -0.151. The number of esters is 1. The van der Waals surface area contributed by atoms with Gasteiger partial charge in [0.05, 0.1) is 22.3 Å². The molecule has 1 aliphatic rings. The van der Waals surface area contributed by atoms with Crippen molar-refractivity contribution in [3.63, 3.8) is 0 Å². The van der Waals surface area contributed by atoms with E-state index in [-0.39, 0.29) is 23.9 Å². The highest BCUT2D eigenvalue weighted by atomic mass is 35.5. The summed E-state index contributed by atoms with van der Waals surface area (Å²) in [7, 11) is 0. The maximum atomic E-state index is 12.6. The molecule has 1 atom stereocenters. The number of halogens is 2. The number of nitrogens with one attached hydrogen (secondary N) is 1. The summed E-state index contributed by atoms with van der Waals surface area (Å²) in [6, 6.07) is 18.1. The predicted molar refractivity (Wildman–Crippen MR) is 120 cm³/mol. The maximum absolute atomic E-state index is 12.6. The van der Waals surface area contributed by atoms with Crippen molar-refractivity contribution < 1.29 is 19.1 Å². The molecule has 0 spiro atoms. The van der Waals surface area contributed by atoms with Gasteiger partial charge in [-0.25, -0.2) is 0 Å². The van der Waals surface area contributed by atoms with Gasteiger partial charge in [0.2, 0.25) is 5.91 Å². The minimum absolute atomic E-state index is 0.0344. The molecule has 158 valence electrons. The number of nitrogens with zero attached hydrogens (tertiary/aromatic N) is 1. The van der Waals surface area contributed by atoms with Gasteiger partial charge >= 0.3 is 5.97 Å². The van der Waals surface area contributed by atoms with Crippen molar-refractivity contribution in [3.8, 4) is 0 Å². The first-order valence-electron chi connectivity index (χ1n) is 9.62. The van der Waals surface area contributed by atoms with E-state index in [9.17, 15) is 14.4 Å². The number of amides is 2. The third kappa shape index (κ3) is 4.65. The van der Waals surface area contributed by atoms with Gasteiger partial charge in [-0.15, -0.1) is 0 Å². The Bertz CT molecular complexity index is 1180. The van der Waals surface area contributed by atoms with Gasteiger partial charge in [0, 0.05) is 23.4 Å². The van der Waals surface area contributed by atoms with Crippen LogP contribution in [0.25, 0.3) is 10.8 Å². The molecule has 1 saturated heterocycles. The van der Waals surface area contributed by atoms with Crippen molar-refractivity contribution >= 4 is 63.1 Å². The van der Waals surface area contributed by atoms with E-state index < -0.39 is 24.4 Å². The average molecular weight is 457 g/mol. The second-order valence-electron chi connectivity index (χ2n) is 7.18. The van der Waals surface area contributed by atoms with Gasteiger partial charge in [-0.2, -0.15) is 0 Å². The monoisotopic (exact) mass is 456 g/mol. The lowest BCUT2D eigenvalue weighted by atomic mass is 10.1. The molecule has 31 heavy (non-hydrogen) atoms. The highest BCUT2D eigenvalue weighted by Crippen LogP contribution is 2.32. The molecule has 1 aliphatic heterocycles. The Hall–Kier alpha value is -3.09. The molecule has 8 heteroatoms. The molecule has 0 aromatic heterocycles. The van der Waals surface area contributed by atoms with E-state index in [0.29, 0.717) is 10.7 Å². The Morgan fingerprint density at radius 2 is 1.84 bits per heavy atom. The molecule has 2 amide bonds. The molecular weight excluding hydrogens is 439 g/mol. The van der Waals surface area contributed by atoms with Crippen LogP contribution >= 0.6 is 23.2 Å². The van der Waals surface area contributed by atoms with Crippen LogP contribution in [-0.2, 0) is 19.1 Å². The number of carbonyl (C=O) groups is 3. The van der Waals surface area contributed by atoms with E-state index in [0.717, 1.165) is 16.5 Å². The van der Waals surface area contributed by atoms with E-state index >= 15 is 0 Å². The number of benzene rings is 3. The van der Waals surface area contributed by atoms with Gasteiger partial charge in [-0.05, 0) is 29.7 Å². The fraction of sp³-hybridized carbons (Fsp3) is 0.174. The molecule has 1 heterocycles. The third-order valence-corrected chi connectivity index (χ3v) is 5.61. The highest BCUT2D eigenvalue weighted by Gasteiger charge is 2.36. The Kier molecular flexibility index (Phi) is 6.11. The van der Waals surface area contributed by atoms with Crippen LogP contribution in [0.15, 0.2) is 60.7 Å². The van der Waals surface area contributed by atoms with Crippen LogP contribution in [0.1, 0.15) is 6.42 Å². The minimum atomic E-state index is -0.640. The molecule has 0 saturated carbocycles. The zero-order valence-electron chi connectivity index (χ0n) is 16.3. The molecule has 3 aromatic rings. The molecule has 6 nitrogen and oxygen atoms in total. The molecule has 1 N–H and O–H groups in total. The van der Waals surface area contributed by atoms with E-state index in [1.807, 2.05) is 42.5 Å². The van der Waals surface area contributed by atoms with E-state index in [4.69, 9.17) is 27.9 Å². The van der Waals surface area contributed by atoms with Crippen LogP contribution in [0.2, 0.25) is 10.0 Å². The quantitative estimate of drug-likeness (QED) is 0.565. The normalized spacial score (nSPS) is 15.9. The molecule has 0 aliphatic carbocycles. The van der Waals surface area contributed by atoms with Crippen molar-refractivity contribution in [1.29, 1.82) is 0 Å². The zero-order chi connectivity index (χ0) is 22.0. The van der Waals surface area contributed by atoms with Crippen molar-refractivity contribution in [2.24, 2.45) is 5.92 Å². The standard InChI is InChI=1S/C23H18Cl2N2O4/c24-16-8-9-19(18(25)11-16)26-21(28)13-31-23(30)15-10-22(29)27(12-15)20-7-3-5-14-4-1-2-6-17(14)20/h1-9,11,15H,10,12-13H2,(H,26,28)/t15-/m0/s1. The van der Waals surface area contributed by atoms with Gasteiger partial charge in [0.1, 0.15) is 0 Å². The summed E-state index contributed by atoms with van der Waals surface area (Å²) in [5, 5.41) is 5.23. The summed E-state index contributed by atoms with van der Waals surface area (Å²) in [4.78, 5) is 38.8. The summed E-state index contributed by atoms with van der Waals surface area (Å²) in [5.41, 5.74) is 1.12. The van der Waals surface area contributed by atoms with Crippen molar-refractivity contribution in [3.05, 3.63) is 70.7 Å². The van der Waals surface area contributed by atoms with E-state index in [2.05, 4.69) is 5.32 Å². The van der Waals surface area contributed by atoms with E-state index in [1.165, 1.54) is 6.07 Å². The van der Waals surface area contributed by atoms with Gasteiger partial charge < -0.3 is 15.0 Å². The minimum Gasteiger partial charge on any atom is -0.455 e. The first-order valence-corrected chi connectivity index (χ1v) is 10.4. The number of hydrogen-bond donors (Lipinski definition) is 1. The predicted octanol–water partition coefficient (Wildman–Crippen LogP) is 4.68. The molecule has 4 rings (SSSR count). The topological polar surface area (TPSA) is 75.7 Å². The smallest absolute Gasteiger partial charge is 0.311 e. The molecule has 0 bridgehead atoms. The SMILES string of the molecule is O=C(COC(=O)[C@H]1CC(=O)N(c2cccc3ccccc23)C1)Nc1ccc(Cl)cc1Cl. The van der Waals surface area contributed by atoms with Crippen LogP contribution in [0.3, 0.4) is 0 Å². The van der Waals surface area contributed by atoms with Gasteiger partial charge in [0.25, 0.3) is 5.91 Å². The molecule has 3 aromatic carbocycles. The molecular formula is C23H18Cl2N2O4. The van der Waals surface area contributed by atoms with Gasteiger partial charge in [0.15, 0.2) is 6.61 Å². The number of rotatable bonds is 5. The summed E-state index contributed by atoms with van der Waals surface area (Å²) in [5.74, 6) is -1.92. The third-order valence-electron chi connectivity index (χ3n) is 5.07. The molecule has 0 radical (unpaired) electrons. The van der Waals surface area contributed by atoms with E-state index in [1.54, 1.807) is 17.0 Å². The highest BCUT2D eigenvalue weighted by molar-refractivity contribution is 6.36. The maximum Gasteiger partial charge on any atom is 0.311 e. The summed E-state index contributed by atoms with van der Waals surface area (Å²) in [6.45, 7) is -0.271. The second kappa shape index (κ2) is 8.96. The molecule has 0 unspecified atom stereocenters. The number of fused-ring (bicyclic) bond motifs is 1. The fourth-order valence-corrected chi connectivity index (χ4v) is 4.03. The van der Waals surface area contributed by atoms with Crippen LogP contribution in [0.4, 0.5) is 11.4 Å². The Morgan fingerprint density at radius 1 is 1.06 bits per heavy atom. The van der Waals surface area contributed by atoms with Crippen LogP contribution in [-0.4, -0.2) is 30.9 Å². The lowest BCUT2D eigenvalue weighted by Crippen LogP contribution is -2.28. The largest absolute Gasteiger partial charge is 0.455 e. The number of ether oxygens (including phenoxy) is 1. The number of anilines is 2. The fourth-order valence-electron chi connectivity index (χ4n) is 3.57. The van der Waals surface area contributed by atoms with Crippen molar-refractivity contribution in [2.45, 2.75) is 6.42 Å². The average Bonchev–Trinajstić information content (AvgIpc) is 3.15. The molecule has 1 fully saturated rings. The second-order valence-corrected chi connectivity index (χ2v) is 8.03. The lowest BCUT2D eigenvalue weighted by Gasteiger charge is -2.18. The van der Waals surface area contributed by atoms with Gasteiger partial charge in [-0.3, -0.25) is 14.4 Å². The van der Waals surface area contributed by atoms with Crippen molar-refractivity contribution in [1.82, 2.24) is 0 Å². The first kappa shape index (κ1) is 21.2. The Labute approximate surface area is 188 Å². The number of hydrogen-bond acceptors (Lipinski definition) is 4. The zero-order valence-corrected chi connectivity index (χ0v) is 17.8. The number of carbonyl (C=O) groups excluding carboxylic acids is 3. The van der Waals surface area contributed by atoms with Crippen LogP contribution in [0, 0.1) is 5.92 Å². The Balaban J connectivity index is 1.37. The first-order chi connectivity index (χ1) is 14.9. The van der Waals surface area contributed by atoms with Crippen molar-refractivity contribution in [2.75, 3.05) is 23.4 Å². The summed E-state index contributed by atoms with van der Waals surface area (Å²) in [6.07, 6.45) is 0.0344. The summed E-state index contributed by atoms with van der Waals surface area (Å²) < 4.78 is 5.14. The van der Waals surface area contributed by atoms with Crippen LogP contribution < -0.4 is 10.2 Å². The Morgan fingerprint density at radius 3 is 2.65 bits per heavy atom. The van der Waals surface area contributed by atoms with Crippen LogP contribution in [0.5, 0.6) is 0 Å². The summed E-state index contributed by atoms with van der Waals surface area (Å²) >= 11 is 11.9.